The van der Waals surface area contributed by atoms with Crippen LogP contribution in [-0.2, 0) is 0 Å². The second-order valence-corrected chi connectivity index (χ2v) is 7.29. The third kappa shape index (κ3) is 5.36. The zero-order valence-corrected chi connectivity index (χ0v) is 18.4. The average Bonchev–Trinajstić information content (AvgIpc) is 2.87. The van der Waals surface area contributed by atoms with Gasteiger partial charge in [-0.1, -0.05) is 48.9 Å². The van der Waals surface area contributed by atoms with Crippen LogP contribution in [0.25, 0.3) is 22.5 Å². The van der Waals surface area contributed by atoms with E-state index in [4.69, 9.17) is 4.98 Å². The second-order valence-electron chi connectivity index (χ2n) is 7.29. The molecule has 0 fully saturated rings. The first-order chi connectivity index (χ1) is 16.2. The SMILES string of the molecule is C=CN=C(C=C)c1cc(-c2ccc(C#Cc3ccc(C)cc3)nc2)cc(-c2ccccn2)n1. The molecule has 0 aliphatic rings. The van der Waals surface area contributed by atoms with E-state index in [0.717, 1.165) is 28.1 Å². The Bertz CT molecular complexity index is 1370. The van der Waals surface area contributed by atoms with Crippen LogP contribution in [0.4, 0.5) is 0 Å². The van der Waals surface area contributed by atoms with Crippen molar-refractivity contribution >= 4 is 5.71 Å². The number of benzene rings is 1. The van der Waals surface area contributed by atoms with E-state index in [1.54, 1.807) is 12.3 Å². The molecule has 0 unspecified atom stereocenters. The van der Waals surface area contributed by atoms with Crippen molar-refractivity contribution in [3.05, 3.63) is 127 Å². The highest BCUT2D eigenvalue weighted by Crippen LogP contribution is 2.25. The molecule has 4 rings (SSSR count). The highest BCUT2D eigenvalue weighted by atomic mass is 14.8. The molecule has 4 aromatic rings. The zero-order chi connectivity index (χ0) is 23.0. The van der Waals surface area contributed by atoms with Gasteiger partial charge in [-0.3, -0.25) is 9.98 Å². The Morgan fingerprint density at radius 1 is 0.879 bits per heavy atom. The fourth-order valence-corrected chi connectivity index (χ4v) is 3.21. The molecule has 0 amide bonds. The topological polar surface area (TPSA) is 51.0 Å². The molecule has 0 bridgehead atoms. The molecule has 0 saturated carbocycles. The minimum Gasteiger partial charge on any atom is -0.255 e. The molecule has 158 valence electrons. The largest absolute Gasteiger partial charge is 0.255 e. The van der Waals surface area contributed by atoms with Gasteiger partial charge in [0.05, 0.1) is 22.8 Å². The Morgan fingerprint density at radius 2 is 1.73 bits per heavy atom. The molecular weight excluding hydrogens is 404 g/mol. The molecule has 0 atom stereocenters. The summed E-state index contributed by atoms with van der Waals surface area (Å²) in [4.78, 5) is 18.0. The maximum absolute atomic E-state index is 4.75. The minimum absolute atomic E-state index is 0.637. The lowest BCUT2D eigenvalue weighted by molar-refractivity contribution is 1.23. The molecule has 3 aromatic heterocycles. The fourth-order valence-electron chi connectivity index (χ4n) is 3.21. The molecule has 4 nitrogen and oxygen atoms in total. The normalized spacial score (nSPS) is 10.8. The van der Waals surface area contributed by atoms with Crippen molar-refractivity contribution in [1.82, 2.24) is 15.0 Å². The van der Waals surface area contributed by atoms with Gasteiger partial charge in [0.15, 0.2) is 0 Å². The van der Waals surface area contributed by atoms with E-state index in [0.29, 0.717) is 17.1 Å². The first-order valence-electron chi connectivity index (χ1n) is 10.5. The number of pyridine rings is 3. The summed E-state index contributed by atoms with van der Waals surface area (Å²) in [6.07, 6.45) is 6.71. The van der Waals surface area contributed by atoms with Gasteiger partial charge in [-0.15, -0.1) is 0 Å². The van der Waals surface area contributed by atoms with Gasteiger partial charge >= 0.3 is 0 Å². The van der Waals surface area contributed by atoms with E-state index in [-0.39, 0.29) is 0 Å². The van der Waals surface area contributed by atoms with Gasteiger partial charge < -0.3 is 0 Å². The van der Waals surface area contributed by atoms with Crippen LogP contribution in [-0.4, -0.2) is 20.7 Å². The number of allylic oxidation sites excluding steroid dienone is 1. The first kappa shape index (κ1) is 21.6. The van der Waals surface area contributed by atoms with Crippen LogP contribution in [0.2, 0.25) is 0 Å². The van der Waals surface area contributed by atoms with Gasteiger partial charge in [-0.05, 0) is 66.9 Å². The number of hydrogen-bond acceptors (Lipinski definition) is 4. The molecule has 33 heavy (non-hydrogen) atoms. The number of nitrogens with zero attached hydrogens (tertiary/aromatic N) is 4. The van der Waals surface area contributed by atoms with Gasteiger partial charge in [0.1, 0.15) is 5.69 Å². The van der Waals surface area contributed by atoms with Crippen LogP contribution in [0.3, 0.4) is 0 Å². The quantitative estimate of drug-likeness (QED) is 0.289. The third-order valence-electron chi connectivity index (χ3n) is 4.92. The van der Waals surface area contributed by atoms with E-state index in [9.17, 15) is 0 Å². The lowest BCUT2D eigenvalue weighted by Crippen LogP contribution is -2.02. The Labute approximate surface area is 194 Å². The molecule has 1 aromatic carbocycles. The molecule has 0 saturated heterocycles. The van der Waals surface area contributed by atoms with E-state index < -0.39 is 0 Å². The number of rotatable bonds is 5. The van der Waals surface area contributed by atoms with Crippen molar-refractivity contribution in [1.29, 1.82) is 0 Å². The molecular formula is C29H22N4. The summed E-state index contributed by atoms with van der Waals surface area (Å²) in [5.74, 6) is 6.28. The zero-order valence-electron chi connectivity index (χ0n) is 18.4. The van der Waals surface area contributed by atoms with E-state index >= 15 is 0 Å². The van der Waals surface area contributed by atoms with Crippen molar-refractivity contribution < 1.29 is 0 Å². The maximum Gasteiger partial charge on any atom is 0.113 e. The number of aryl methyl sites for hydroxylation is 1. The highest BCUT2D eigenvalue weighted by molar-refractivity contribution is 6.08. The van der Waals surface area contributed by atoms with Crippen molar-refractivity contribution in [2.24, 2.45) is 4.99 Å². The van der Waals surface area contributed by atoms with E-state index in [1.807, 2.05) is 72.9 Å². The van der Waals surface area contributed by atoms with Crippen molar-refractivity contribution in [2.45, 2.75) is 6.92 Å². The molecule has 0 aliphatic carbocycles. The van der Waals surface area contributed by atoms with E-state index in [1.165, 1.54) is 11.8 Å². The standard InChI is InChI=1S/C29H22N4/c1-4-26(30-5-2)28-18-24(19-29(33-28)27-8-6-7-17-31-27)23-14-16-25(32-20-23)15-13-22-11-9-21(3)10-12-22/h4-12,14,16-20H,1-2H2,3H3. The van der Waals surface area contributed by atoms with Crippen LogP contribution in [0.1, 0.15) is 22.5 Å². The lowest BCUT2D eigenvalue weighted by atomic mass is 10.0. The smallest absolute Gasteiger partial charge is 0.113 e. The maximum atomic E-state index is 4.75. The number of hydrogen-bond donors (Lipinski definition) is 0. The molecule has 0 spiro atoms. The predicted molar refractivity (Wildman–Crippen MR) is 135 cm³/mol. The van der Waals surface area contributed by atoms with Gasteiger partial charge in [0.25, 0.3) is 0 Å². The second kappa shape index (κ2) is 10.1. The first-order valence-corrected chi connectivity index (χ1v) is 10.5. The summed E-state index contributed by atoms with van der Waals surface area (Å²) >= 11 is 0. The number of aromatic nitrogens is 3. The Balaban J connectivity index is 1.72. The highest BCUT2D eigenvalue weighted by Gasteiger charge is 2.11. The van der Waals surface area contributed by atoms with Crippen molar-refractivity contribution in [3.63, 3.8) is 0 Å². The Morgan fingerprint density at radius 3 is 2.39 bits per heavy atom. The fraction of sp³-hybridized carbons (Fsp3) is 0.0345. The molecule has 0 radical (unpaired) electrons. The van der Waals surface area contributed by atoms with Gasteiger partial charge in [-0.25, -0.2) is 9.97 Å². The monoisotopic (exact) mass is 426 g/mol. The van der Waals surface area contributed by atoms with Crippen LogP contribution in [0.15, 0.2) is 110 Å². The number of aliphatic imine (C=N–C) groups is 1. The van der Waals surface area contributed by atoms with Crippen LogP contribution < -0.4 is 0 Å². The molecule has 0 aliphatic heterocycles. The van der Waals surface area contributed by atoms with Gasteiger partial charge in [0, 0.05) is 29.7 Å². The summed E-state index contributed by atoms with van der Waals surface area (Å²) < 4.78 is 0. The summed E-state index contributed by atoms with van der Waals surface area (Å²) in [5.41, 5.74) is 7.61. The van der Waals surface area contributed by atoms with Gasteiger partial charge in [-0.2, -0.15) is 0 Å². The van der Waals surface area contributed by atoms with Crippen molar-refractivity contribution in [2.75, 3.05) is 0 Å². The molecule has 4 heteroatoms. The minimum atomic E-state index is 0.637. The van der Waals surface area contributed by atoms with Crippen LogP contribution in [0.5, 0.6) is 0 Å². The average molecular weight is 427 g/mol. The third-order valence-corrected chi connectivity index (χ3v) is 4.92. The summed E-state index contributed by atoms with van der Waals surface area (Å²) in [6.45, 7) is 9.61. The van der Waals surface area contributed by atoms with Crippen LogP contribution >= 0.6 is 0 Å². The predicted octanol–water partition coefficient (Wildman–Crippen LogP) is 6.03. The Hall–Kier alpha value is -4.62. The lowest BCUT2D eigenvalue weighted by Gasteiger charge is -2.09. The van der Waals surface area contributed by atoms with Crippen molar-refractivity contribution in [3.8, 4) is 34.4 Å². The van der Waals surface area contributed by atoms with E-state index in [2.05, 4.69) is 46.9 Å². The molecule has 0 N–H and O–H groups in total. The summed E-state index contributed by atoms with van der Waals surface area (Å²) in [7, 11) is 0. The summed E-state index contributed by atoms with van der Waals surface area (Å²) in [5, 5.41) is 0. The Kier molecular flexibility index (Phi) is 6.63. The van der Waals surface area contributed by atoms with Gasteiger partial charge in [0.2, 0.25) is 0 Å². The summed E-state index contributed by atoms with van der Waals surface area (Å²) in [6, 6.07) is 21.7. The molecule has 3 heterocycles. The van der Waals surface area contributed by atoms with Crippen LogP contribution in [0, 0.1) is 18.8 Å².